The molecule has 17 heavy (non-hydrogen) atoms. The van der Waals surface area contributed by atoms with Crippen molar-refractivity contribution in [1.82, 2.24) is 4.72 Å². The van der Waals surface area contributed by atoms with Crippen LogP contribution in [0.25, 0.3) is 0 Å². The number of nitrogens with one attached hydrogen (secondary N) is 1. The van der Waals surface area contributed by atoms with Crippen molar-refractivity contribution in [2.45, 2.75) is 58.1 Å². The number of unbranched alkanes of at least 4 members (excludes halogenated alkanes) is 1. The third kappa shape index (κ3) is 6.04. The smallest absolute Gasteiger partial charge is 0.214 e. The molecule has 0 spiro atoms. The fourth-order valence-corrected chi connectivity index (χ4v) is 2.90. The Morgan fingerprint density at radius 1 is 1.24 bits per heavy atom. The van der Waals surface area contributed by atoms with Crippen LogP contribution in [0.5, 0.6) is 0 Å². The van der Waals surface area contributed by atoms with Crippen molar-refractivity contribution in [3.63, 3.8) is 0 Å². The first-order valence-corrected chi connectivity index (χ1v) is 7.94. The maximum absolute atomic E-state index is 11.8. The molecule has 2 unspecified atom stereocenters. The van der Waals surface area contributed by atoms with E-state index in [2.05, 4.69) is 18.6 Å². The summed E-state index contributed by atoms with van der Waals surface area (Å²) in [6.45, 7) is 6.36. The Kier molecular flexibility index (Phi) is 8.19. The topological polar surface area (TPSA) is 70.0 Å². The Hall–Kier alpha value is -0.600. The van der Waals surface area contributed by atoms with E-state index in [4.69, 9.17) is 5.26 Å². The third-order valence-electron chi connectivity index (χ3n) is 3.01. The van der Waals surface area contributed by atoms with Crippen LogP contribution in [0.1, 0.15) is 52.9 Å². The highest BCUT2D eigenvalue weighted by Crippen LogP contribution is 2.12. The van der Waals surface area contributed by atoms with Crippen LogP contribution >= 0.6 is 0 Å². The Bertz CT molecular complexity index is 333. The quantitative estimate of drug-likeness (QED) is 0.692. The molecule has 0 bridgehead atoms. The van der Waals surface area contributed by atoms with Crippen LogP contribution in [0.15, 0.2) is 0 Å². The first kappa shape index (κ1) is 16.4. The average molecular weight is 260 g/mol. The molecule has 2 atom stereocenters. The molecule has 0 saturated heterocycles. The molecule has 0 aliphatic carbocycles. The molecule has 0 saturated carbocycles. The zero-order valence-electron chi connectivity index (χ0n) is 11.1. The minimum Gasteiger partial charge on any atom is -0.214 e. The Balaban J connectivity index is 4.29. The van der Waals surface area contributed by atoms with Crippen LogP contribution in [0, 0.1) is 17.2 Å². The minimum absolute atomic E-state index is 0.331. The monoisotopic (exact) mass is 260 g/mol. The summed E-state index contributed by atoms with van der Waals surface area (Å²) in [5.41, 5.74) is 0. The Morgan fingerprint density at radius 3 is 2.29 bits per heavy atom. The van der Waals surface area contributed by atoms with Gasteiger partial charge in [-0.15, -0.1) is 0 Å². The predicted octanol–water partition coefficient (Wildman–Crippen LogP) is 2.42. The molecule has 5 heteroatoms. The van der Waals surface area contributed by atoms with Crippen molar-refractivity contribution < 1.29 is 8.42 Å². The molecule has 0 aromatic carbocycles. The lowest BCUT2D eigenvalue weighted by Crippen LogP contribution is -2.36. The maximum atomic E-state index is 11.8. The maximum Gasteiger partial charge on any atom is 0.227 e. The van der Waals surface area contributed by atoms with Crippen molar-refractivity contribution in [3.8, 4) is 6.07 Å². The third-order valence-corrected chi connectivity index (χ3v) is 4.76. The second-order valence-corrected chi connectivity index (χ2v) is 6.28. The van der Waals surface area contributed by atoms with Gasteiger partial charge in [-0.1, -0.05) is 40.0 Å². The zero-order valence-corrected chi connectivity index (χ0v) is 11.9. The summed E-state index contributed by atoms with van der Waals surface area (Å²) in [5, 5.41) is 7.83. The SMILES string of the molecule is CCCCC(CC)CNS(=O)(=O)C(C#N)CC. The number of hydrogen-bond donors (Lipinski definition) is 1. The second-order valence-electron chi connectivity index (χ2n) is 4.34. The van der Waals surface area contributed by atoms with Crippen LogP contribution in [0.2, 0.25) is 0 Å². The zero-order chi connectivity index (χ0) is 13.3. The summed E-state index contributed by atoms with van der Waals surface area (Å²) in [6.07, 6.45) is 4.58. The van der Waals surface area contributed by atoms with Gasteiger partial charge in [0.1, 0.15) is 0 Å². The highest BCUT2D eigenvalue weighted by molar-refractivity contribution is 7.90. The summed E-state index contributed by atoms with van der Waals surface area (Å²) in [5.74, 6) is 0.376. The molecule has 0 radical (unpaired) electrons. The van der Waals surface area contributed by atoms with E-state index >= 15 is 0 Å². The fourth-order valence-electron chi connectivity index (χ4n) is 1.66. The van der Waals surface area contributed by atoms with Gasteiger partial charge in [0.25, 0.3) is 0 Å². The van der Waals surface area contributed by atoms with Crippen LogP contribution in [-0.2, 0) is 10.0 Å². The lowest BCUT2D eigenvalue weighted by atomic mass is 10.00. The van der Waals surface area contributed by atoms with Gasteiger partial charge in [-0.2, -0.15) is 5.26 Å². The van der Waals surface area contributed by atoms with Gasteiger partial charge >= 0.3 is 0 Å². The molecule has 0 fully saturated rings. The van der Waals surface area contributed by atoms with Crippen molar-refractivity contribution in [2.75, 3.05) is 6.54 Å². The van der Waals surface area contributed by atoms with Gasteiger partial charge in [0.2, 0.25) is 10.0 Å². The molecule has 0 aliphatic rings. The van der Waals surface area contributed by atoms with Gasteiger partial charge < -0.3 is 0 Å². The van der Waals surface area contributed by atoms with Crippen LogP contribution in [0.3, 0.4) is 0 Å². The first-order valence-electron chi connectivity index (χ1n) is 6.39. The van der Waals surface area contributed by atoms with Crippen molar-refractivity contribution in [3.05, 3.63) is 0 Å². The minimum atomic E-state index is -3.46. The van der Waals surface area contributed by atoms with Gasteiger partial charge in [0.05, 0.1) is 6.07 Å². The molecular weight excluding hydrogens is 236 g/mol. The van der Waals surface area contributed by atoms with Gasteiger partial charge in [0.15, 0.2) is 5.25 Å². The van der Waals surface area contributed by atoms with E-state index in [9.17, 15) is 8.42 Å². The summed E-state index contributed by atoms with van der Waals surface area (Å²) in [4.78, 5) is 0. The highest BCUT2D eigenvalue weighted by Gasteiger charge is 2.23. The van der Waals surface area contributed by atoms with E-state index in [1.807, 2.05) is 6.07 Å². The first-order chi connectivity index (χ1) is 8.01. The largest absolute Gasteiger partial charge is 0.227 e. The molecule has 1 N–H and O–H groups in total. The van der Waals surface area contributed by atoms with Crippen molar-refractivity contribution in [2.24, 2.45) is 5.92 Å². The molecule has 0 heterocycles. The van der Waals surface area contributed by atoms with Gasteiger partial charge in [-0.3, -0.25) is 0 Å². The number of hydrogen-bond acceptors (Lipinski definition) is 3. The Morgan fingerprint density at radius 2 is 1.88 bits per heavy atom. The van der Waals surface area contributed by atoms with E-state index in [1.165, 1.54) is 0 Å². The molecule has 0 amide bonds. The van der Waals surface area contributed by atoms with Gasteiger partial charge in [-0.25, -0.2) is 13.1 Å². The van der Waals surface area contributed by atoms with Gasteiger partial charge in [-0.05, 0) is 18.8 Å². The molecule has 0 aromatic heterocycles. The lowest BCUT2D eigenvalue weighted by molar-refractivity contribution is 0.443. The second kappa shape index (κ2) is 8.48. The van der Waals surface area contributed by atoms with E-state index in [1.54, 1.807) is 6.92 Å². The number of nitrogens with zero attached hydrogens (tertiary/aromatic N) is 1. The molecule has 0 rings (SSSR count). The summed E-state index contributed by atoms with van der Waals surface area (Å²) >= 11 is 0. The van der Waals surface area contributed by atoms with Crippen LogP contribution in [0.4, 0.5) is 0 Å². The Labute approximate surface area is 105 Å². The molecular formula is C12H24N2O2S. The van der Waals surface area contributed by atoms with Crippen LogP contribution < -0.4 is 4.72 Å². The van der Waals surface area contributed by atoms with E-state index < -0.39 is 15.3 Å². The number of sulfonamides is 1. The summed E-state index contributed by atoms with van der Waals surface area (Å²) in [6, 6.07) is 1.83. The highest BCUT2D eigenvalue weighted by atomic mass is 32.2. The molecule has 4 nitrogen and oxygen atoms in total. The van der Waals surface area contributed by atoms with E-state index in [0.29, 0.717) is 18.9 Å². The number of rotatable bonds is 9. The summed E-state index contributed by atoms with van der Waals surface area (Å²) in [7, 11) is -3.46. The predicted molar refractivity (Wildman–Crippen MR) is 69.9 cm³/mol. The van der Waals surface area contributed by atoms with Gasteiger partial charge in [0, 0.05) is 6.54 Å². The fraction of sp³-hybridized carbons (Fsp3) is 0.917. The summed E-state index contributed by atoms with van der Waals surface area (Å²) < 4.78 is 26.1. The average Bonchev–Trinajstić information content (AvgIpc) is 2.30. The normalized spacial score (nSPS) is 15.2. The lowest BCUT2D eigenvalue weighted by Gasteiger charge is -2.16. The van der Waals surface area contributed by atoms with E-state index in [-0.39, 0.29) is 0 Å². The molecule has 100 valence electrons. The van der Waals surface area contributed by atoms with Crippen molar-refractivity contribution in [1.29, 1.82) is 5.26 Å². The molecule has 0 aliphatic heterocycles. The standard InChI is InChI=1S/C12H24N2O2S/c1-4-7-8-11(5-2)10-14-17(15,16)12(6-3)9-13/h11-12,14H,4-8,10H2,1-3H3. The number of nitriles is 1. The van der Waals surface area contributed by atoms with E-state index in [0.717, 1.165) is 25.7 Å². The molecule has 0 aromatic rings. The van der Waals surface area contributed by atoms with Crippen molar-refractivity contribution >= 4 is 10.0 Å². The van der Waals surface area contributed by atoms with Crippen LogP contribution in [-0.4, -0.2) is 20.2 Å².